The third-order valence-corrected chi connectivity index (χ3v) is 2.60. The normalized spacial score (nSPS) is 10.5. The summed E-state index contributed by atoms with van der Waals surface area (Å²) < 4.78 is 5.34. The molecule has 2 rings (SSSR count). The van der Waals surface area contributed by atoms with Gasteiger partial charge in [-0.1, -0.05) is 30.3 Å². The maximum absolute atomic E-state index is 5.34. The van der Waals surface area contributed by atoms with Crippen molar-refractivity contribution in [1.29, 1.82) is 0 Å². The highest BCUT2D eigenvalue weighted by molar-refractivity contribution is 5.96. The molecule has 17 heavy (non-hydrogen) atoms. The minimum Gasteiger partial charge on any atom is -0.494 e. The van der Waals surface area contributed by atoms with Crippen LogP contribution in [0.15, 0.2) is 36.4 Å². The largest absolute Gasteiger partial charge is 0.494 e. The summed E-state index contributed by atoms with van der Waals surface area (Å²) in [7, 11) is 4.71. The summed E-state index contributed by atoms with van der Waals surface area (Å²) >= 11 is 0. The second-order valence-electron chi connectivity index (χ2n) is 3.46. The van der Waals surface area contributed by atoms with E-state index < -0.39 is 0 Å². The van der Waals surface area contributed by atoms with E-state index in [0.29, 0.717) is 5.75 Å². The number of nitrogens with zero attached hydrogens (tertiary/aromatic N) is 1. The molecule has 90 valence electrons. The lowest BCUT2D eigenvalue weighted by molar-refractivity contribution is -0.0434. The van der Waals surface area contributed by atoms with Crippen LogP contribution in [0.4, 0.5) is 5.69 Å². The van der Waals surface area contributed by atoms with E-state index in [1.165, 1.54) is 5.23 Å². The summed E-state index contributed by atoms with van der Waals surface area (Å²) in [5, 5.41) is 3.44. The number of fused-ring (bicyclic) bond motifs is 1. The molecule has 0 spiro atoms. The van der Waals surface area contributed by atoms with Crippen molar-refractivity contribution in [1.82, 2.24) is 0 Å². The highest BCUT2D eigenvalue weighted by Gasteiger charge is 2.15. The summed E-state index contributed by atoms with van der Waals surface area (Å²) in [4.78, 5) is 10.3. The van der Waals surface area contributed by atoms with Gasteiger partial charge in [-0.05, 0) is 11.5 Å². The van der Waals surface area contributed by atoms with E-state index in [1.54, 1.807) is 21.3 Å². The van der Waals surface area contributed by atoms with E-state index >= 15 is 0 Å². The van der Waals surface area contributed by atoms with Crippen LogP contribution in [0.1, 0.15) is 0 Å². The highest BCUT2D eigenvalue weighted by Crippen LogP contribution is 2.36. The van der Waals surface area contributed by atoms with Crippen molar-refractivity contribution in [2.45, 2.75) is 0 Å². The van der Waals surface area contributed by atoms with E-state index in [4.69, 9.17) is 14.4 Å². The van der Waals surface area contributed by atoms with Gasteiger partial charge in [0.15, 0.2) is 0 Å². The zero-order valence-electron chi connectivity index (χ0n) is 10.1. The van der Waals surface area contributed by atoms with Gasteiger partial charge in [0.1, 0.15) is 11.4 Å². The van der Waals surface area contributed by atoms with Crippen molar-refractivity contribution < 1.29 is 14.4 Å². The van der Waals surface area contributed by atoms with Gasteiger partial charge in [-0.3, -0.25) is 9.68 Å². The van der Waals surface area contributed by atoms with Gasteiger partial charge in [0.05, 0.1) is 21.3 Å². The average Bonchev–Trinajstić information content (AvgIpc) is 2.40. The molecule has 0 aromatic heterocycles. The molecule has 0 atom stereocenters. The van der Waals surface area contributed by atoms with Crippen molar-refractivity contribution >= 4 is 16.5 Å². The Morgan fingerprint density at radius 3 is 2.24 bits per heavy atom. The molecule has 2 aromatic carbocycles. The van der Waals surface area contributed by atoms with Crippen LogP contribution in [0.25, 0.3) is 10.8 Å². The number of anilines is 1. The lowest BCUT2D eigenvalue weighted by atomic mass is 10.1. The molecule has 0 amide bonds. The summed E-state index contributed by atoms with van der Waals surface area (Å²) in [6.45, 7) is 0. The summed E-state index contributed by atoms with van der Waals surface area (Å²) in [6.07, 6.45) is 0. The van der Waals surface area contributed by atoms with Crippen LogP contribution in [0.2, 0.25) is 0 Å². The van der Waals surface area contributed by atoms with Crippen LogP contribution in [-0.4, -0.2) is 21.3 Å². The maximum Gasteiger partial charge on any atom is 0.147 e. The lowest BCUT2D eigenvalue weighted by Gasteiger charge is -2.22. The first-order valence-electron chi connectivity index (χ1n) is 5.26. The number of hydrogen-bond donors (Lipinski definition) is 0. The molecule has 0 aliphatic carbocycles. The molecule has 0 aliphatic rings. The van der Waals surface area contributed by atoms with E-state index in [9.17, 15) is 0 Å². The quantitative estimate of drug-likeness (QED) is 0.760. The summed E-state index contributed by atoms with van der Waals surface area (Å²) in [5.74, 6) is 0.701. The molecular weight excluding hydrogens is 218 g/mol. The van der Waals surface area contributed by atoms with Gasteiger partial charge in [-0.15, -0.1) is 5.23 Å². The van der Waals surface area contributed by atoms with Crippen LogP contribution >= 0.6 is 0 Å². The number of hydrogen-bond acceptors (Lipinski definition) is 4. The van der Waals surface area contributed by atoms with Crippen molar-refractivity contribution in [2.75, 3.05) is 26.6 Å². The molecule has 2 aromatic rings. The zero-order chi connectivity index (χ0) is 12.3. The van der Waals surface area contributed by atoms with Gasteiger partial charge in [0, 0.05) is 5.39 Å². The monoisotopic (exact) mass is 233 g/mol. The van der Waals surface area contributed by atoms with Crippen LogP contribution in [-0.2, 0) is 9.68 Å². The molecule has 0 radical (unpaired) electrons. The Labute approximate surface area is 100 Å². The predicted octanol–water partition coefficient (Wildman–Crippen LogP) is 2.78. The van der Waals surface area contributed by atoms with Gasteiger partial charge in [-0.25, -0.2) is 0 Å². The van der Waals surface area contributed by atoms with Gasteiger partial charge in [-0.2, -0.15) is 0 Å². The standard InChI is InChI=1S/C13H15NO3/c1-15-12-9-8-10-6-4-5-7-11(10)13(12)14(16-2)17-3/h4-9H,1-3H3. The fourth-order valence-electron chi connectivity index (χ4n) is 1.85. The van der Waals surface area contributed by atoms with Crippen LogP contribution in [0.3, 0.4) is 0 Å². The Morgan fingerprint density at radius 1 is 0.882 bits per heavy atom. The smallest absolute Gasteiger partial charge is 0.147 e. The molecule has 4 nitrogen and oxygen atoms in total. The first kappa shape index (κ1) is 11.7. The molecule has 0 N–H and O–H groups in total. The fourth-order valence-corrected chi connectivity index (χ4v) is 1.85. The third-order valence-electron chi connectivity index (χ3n) is 2.60. The molecule has 0 bridgehead atoms. The topological polar surface area (TPSA) is 30.9 Å². The maximum atomic E-state index is 5.34. The minimum absolute atomic E-state index is 0.701. The minimum atomic E-state index is 0.701. The first-order chi connectivity index (χ1) is 8.31. The number of rotatable bonds is 4. The number of methoxy groups -OCH3 is 1. The van der Waals surface area contributed by atoms with Crippen molar-refractivity contribution in [3.63, 3.8) is 0 Å². The molecule has 0 fully saturated rings. The number of benzene rings is 2. The van der Waals surface area contributed by atoms with Crippen molar-refractivity contribution in [3.05, 3.63) is 36.4 Å². The van der Waals surface area contributed by atoms with Crippen LogP contribution < -0.4 is 9.96 Å². The Morgan fingerprint density at radius 2 is 1.59 bits per heavy atom. The van der Waals surface area contributed by atoms with Crippen molar-refractivity contribution in [3.8, 4) is 5.75 Å². The van der Waals surface area contributed by atoms with Crippen molar-refractivity contribution in [2.24, 2.45) is 0 Å². The third kappa shape index (κ3) is 2.05. The Bertz CT molecular complexity index is 509. The summed E-state index contributed by atoms with van der Waals surface area (Å²) in [5.41, 5.74) is 0.760. The van der Waals surface area contributed by atoms with Gasteiger partial charge < -0.3 is 4.74 Å². The Kier molecular flexibility index (Phi) is 3.46. The van der Waals surface area contributed by atoms with Gasteiger partial charge in [0.25, 0.3) is 0 Å². The predicted molar refractivity (Wildman–Crippen MR) is 67.0 cm³/mol. The SMILES string of the molecule is COc1ccc2ccccc2c1N(OC)OC. The molecule has 0 saturated carbocycles. The number of ether oxygens (including phenoxy) is 1. The molecule has 0 saturated heterocycles. The molecule has 0 unspecified atom stereocenters. The Hall–Kier alpha value is -1.78. The van der Waals surface area contributed by atoms with E-state index in [0.717, 1.165) is 16.5 Å². The lowest BCUT2D eigenvalue weighted by Crippen LogP contribution is -2.20. The van der Waals surface area contributed by atoms with E-state index in [2.05, 4.69) is 0 Å². The molecular formula is C13H15NO3. The molecule has 0 heterocycles. The highest BCUT2D eigenvalue weighted by atomic mass is 16.9. The average molecular weight is 233 g/mol. The summed E-state index contributed by atoms with van der Waals surface area (Å²) in [6, 6.07) is 11.9. The van der Waals surface area contributed by atoms with E-state index in [1.807, 2.05) is 36.4 Å². The first-order valence-corrected chi connectivity index (χ1v) is 5.26. The Balaban J connectivity index is 2.70. The van der Waals surface area contributed by atoms with Crippen LogP contribution in [0.5, 0.6) is 5.75 Å². The molecule has 4 heteroatoms. The second-order valence-corrected chi connectivity index (χ2v) is 3.46. The second kappa shape index (κ2) is 5.03. The van der Waals surface area contributed by atoms with E-state index in [-0.39, 0.29) is 0 Å². The van der Waals surface area contributed by atoms with Gasteiger partial charge >= 0.3 is 0 Å². The molecule has 0 aliphatic heterocycles. The van der Waals surface area contributed by atoms with Crippen LogP contribution in [0, 0.1) is 0 Å². The fraction of sp³-hybridized carbons (Fsp3) is 0.231. The van der Waals surface area contributed by atoms with Gasteiger partial charge in [0.2, 0.25) is 0 Å². The zero-order valence-corrected chi connectivity index (χ0v) is 10.1.